The summed E-state index contributed by atoms with van der Waals surface area (Å²) < 4.78 is 1.67. The Kier molecular flexibility index (Phi) is 2.40. The summed E-state index contributed by atoms with van der Waals surface area (Å²) in [5.74, 6) is 0.648. The number of benzene rings is 1. The number of pyridine rings is 1. The largest absolute Gasteiger partial charge is 0.265 e. The summed E-state index contributed by atoms with van der Waals surface area (Å²) >= 11 is 6.25. The van der Waals surface area contributed by atoms with Crippen LogP contribution in [-0.2, 0) is 0 Å². The molecule has 0 bridgehead atoms. The van der Waals surface area contributed by atoms with Crippen molar-refractivity contribution in [3.8, 4) is 11.4 Å². The highest BCUT2D eigenvalue weighted by molar-refractivity contribution is 6.34. The van der Waals surface area contributed by atoms with Gasteiger partial charge in [0.05, 0.1) is 0 Å². The summed E-state index contributed by atoms with van der Waals surface area (Å²) in [5, 5.41) is 15.1. The Morgan fingerprint density at radius 1 is 0.900 bits per heavy atom. The third kappa shape index (κ3) is 1.57. The molecule has 3 aromatic heterocycles. The second-order valence-corrected chi connectivity index (χ2v) is 4.69. The van der Waals surface area contributed by atoms with Crippen LogP contribution in [0.3, 0.4) is 0 Å². The average Bonchev–Trinajstić information content (AvgIpc) is 2.92. The van der Waals surface area contributed by atoms with Gasteiger partial charge in [0.2, 0.25) is 0 Å². The standard InChI is InChI=1S/C14H8ClN5/c15-12-10-3-1-2-4-11(10)14-18-17-13(20(14)19-12)9-5-7-16-8-6-9/h1-8H. The van der Waals surface area contributed by atoms with Crippen LogP contribution in [0.2, 0.25) is 5.15 Å². The number of hydrogen-bond donors (Lipinski definition) is 0. The molecule has 0 aliphatic heterocycles. The minimum absolute atomic E-state index is 0.434. The van der Waals surface area contributed by atoms with Crippen LogP contribution < -0.4 is 0 Å². The molecule has 0 amide bonds. The van der Waals surface area contributed by atoms with Gasteiger partial charge in [-0.3, -0.25) is 4.98 Å². The van der Waals surface area contributed by atoms with Crippen LogP contribution >= 0.6 is 11.6 Å². The van der Waals surface area contributed by atoms with Crippen LogP contribution in [-0.4, -0.2) is 24.8 Å². The number of halogens is 1. The topological polar surface area (TPSA) is 56.0 Å². The first-order valence-electron chi connectivity index (χ1n) is 6.04. The fraction of sp³-hybridized carbons (Fsp3) is 0. The second kappa shape index (κ2) is 4.25. The lowest BCUT2D eigenvalue weighted by Gasteiger charge is -2.03. The lowest BCUT2D eigenvalue weighted by molar-refractivity contribution is 0.946. The summed E-state index contributed by atoms with van der Waals surface area (Å²) in [6.07, 6.45) is 3.41. The molecule has 0 radical (unpaired) electrons. The quantitative estimate of drug-likeness (QED) is 0.538. The van der Waals surface area contributed by atoms with Crippen molar-refractivity contribution in [2.45, 2.75) is 0 Å². The molecule has 4 aromatic rings. The van der Waals surface area contributed by atoms with Gasteiger partial charge in [0.15, 0.2) is 16.6 Å². The van der Waals surface area contributed by atoms with Crippen molar-refractivity contribution >= 4 is 28.0 Å². The molecule has 0 aliphatic carbocycles. The van der Waals surface area contributed by atoms with Gasteiger partial charge < -0.3 is 0 Å². The molecular formula is C14H8ClN5. The molecule has 4 rings (SSSR count). The Balaban J connectivity index is 2.12. The molecule has 5 nitrogen and oxygen atoms in total. The molecule has 0 aliphatic rings. The van der Waals surface area contributed by atoms with Gasteiger partial charge in [-0.25, -0.2) is 0 Å². The normalized spacial score (nSPS) is 11.2. The van der Waals surface area contributed by atoms with Crippen LogP contribution in [0.25, 0.3) is 27.8 Å². The number of hydrogen-bond acceptors (Lipinski definition) is 4. The maximum Gasteiger partial charge on any atom is 0.186 e. The Morgan fingerprint density at radius 2 is 1.65 bits per heavy atom. The van der Waals surface area contributed by atoms with E-state index >= 15 is 0 Å². The molecule has 0 saturated carbocycles. The van der Waals surface area contributed by atoms with Crippen LogP contribution in [0.5, 0.6) is 0 Å². The first-order chi connectivity index (χ1) is 9.84. The highest BCUT2D eigenvalue weighted by Gasteiger charge is 2.13. The van der Waals surface area contributed by atoms with Crippen molar-refractivity contribution in [3.63, 3.8) is 0 Å². The number of fused-ring (bicyclic) bond motifs is 3. The zero-order chi connectivity index (χ0) is 13.5. The molecular weight excluding hydrogens is 274 g/mol. The van der Waals surface area contributed by atoms with Gasteiger partial charge in [0.1, 0.15) is 0 Å². The van der Waals surface area contributed by atoms with E-state index in [-0.39, 0.29) is 0 Å². The van der Waals surface area contributed by atoms with E-state index in [0.717, 1.165) is 16.3 Å². The van der Waals surface area contributed by atoms with Crippen LogP contribution in [0.1, 0.15) is 0 Å². The Bertz CT molecular complexity index is 917. The molecule has 3 heterocycles. The van der Waals surface area contributed by atoms with E-state index in [1.807, 2.05) is 36.4 Å². The molecule has 0 spiro atoms. The SMILES string of the molecule is Clc1nn2c(-c3ccncc3)nnc2c2ccccc12. The minimum atomic E-state index is 0.434. The Morgan fingerprint density at radius 3 is 2.45 bits per heavy atom. The van der Waals surface area contributed by atoms with E-state index in [2.05, 4.69) is 20.3 Å². The lowest BCUT2D eigenvalue weighted by Crippen LogP contribution is -1.96. The monoisotopic (exact) mass is 281 g/mol. The Hall–Kier alpha value is -2.53. The second-order valence-electron chi connectivity index (χ2n) is 4.33. The van der Waals surface area contributed by atoms with Crippen molar-refractivity contribution in [1.82, 2.24) is 24.8 Å². The van der Waals surface area contributed by atoms with E-state index in [1.165, 1.54) is 0 Å². The van der Waals surface area contributed by atoms with Crippen molar-refractivity contribution in [1.29, 1.82) is 0 Å². The van der Waals surface area contributed by atoms with Gasteiger partial charge in [-0.1, -0.05) is 35.9 Å². The van der Waals surface area contributed by atoms with Crippen molar-refractivity contribution in [3.05, 3.63) is 53.9 Å². The molecule has 0 saturated heterocycles. The van der Waals surface area contributed by atoms with Crippen LogP contribution in [0.4, 0.5) is 0 Å². The molecule has 0 unspecified atom stereocenters. The summed E-state index contributed by atoms with van der Waals surface area (Å²) in [6, 6.07) is 11.5. The average molecular weight is 282 g/mol. The van der Waals surface area contributed by atoms with E-state index in [9.17, 15) is 0 Å². The molecule has 6 heteroatoms. The molecule has 0 atom stereocenters. The number of nitrogens with zero attached hydrogens (tertiary/aromatic N) is 5. The zero-order valence-electron chi connectivity index (χ0n) is 10.2. The smallest absolute Gasteiger partial charge is 0.186 e. The molecule has 1 aromatic carbocycles. The van der Waals surface area contributed by atoms with Gasteiger partial charge in [-0.2, -0.15) is 9.61 Å². The molecule has 96 valence electrons. The predicted molar refractivity (Wildman–Crippen MR) is 76.5 cm³/mol. The van der Waals surface area contributed by atoms with Crippen molar-refractivity contribution < 1.29 is 0 Å². The summed E-state index contributed by atoms with van der Waals surface area (Å²) in [4.78, 5) is 4.00. The van der Waals surface area contributed by atoms with Crippen LogP contribution in [0.15, 0.2) is 48.8 Å². The minimum Gasteiger partial charge on any atom is -0.265 e. The van der Waals surface area contributed by atoms with Crippen LogP contribution in [0, 0.1) is 0 Å². The molecule has 0 N–H and O–H groups in total. The van der Waals surface area contributed by atoms with Crippen molar-refractivity contribution in [2.75, 3.05) is 0 Å². The maximum atomic E-state index is 6.25. The van der Waals surface area contributed by atoms with Gasteiger partial charge >= 0.3 is 0 Å². The fourth-order valence-electron chi connectivity index (χ4n) is 2.22. The van der Waals surface area contributed by atoms with E-state index < -0.39 is 0 Å². The summed E-state index contributed by atoms with van der Waals surface area (Å²) in [7, 11) is 0. The third-order valence-corrected chi connectivity index (χ3v) is 3.44. The third-order valence-electron chi connectivity index (χ3n) is 3.16. The summed E-state index contributed by atoms with van der Waals surface area (Å²) in [6.45, 7) is 0. The Labute approximate surface area is 118 Å². The van der Waals surface area contributed by atoms with Crippen molar-refractivity contribution in [2.24, 2.45) is 0 Å². The first-order valence-corrected chi connectivity index (χ1v) is 6.42. The van der Waals surface area contributed by atoms with E-state index in [4.69, 9.17) is 11.6 Å². The highest BCUT2D eigenvalue weighted by atomic mass is 35.5. The molecule has 0 fully saturated rings. The highest BCUT2D eigenvalue weighted by Crippen LogP contribution is 2.26. The van der Waals surface area contributed by atoms with Gasteiger partial charge in [-0.05, 0) is 12.1 Å². The zero-order valence-corrected chi connectivity index (χ0v) is 11.0. The number of aromatic nitrogens is 5. The van der Waals surface area contributed by atoms with Gasteiger partial charge in [-0.15, -0.1) is 10.2 Å². The maximum absolute atomic E-state index is 6.25. The van der Waals surface area contributed by atoms with E-state index in [0.29, 0.717) is 16.6 Å². The summed E-state index contributed by atoms with van der Waals surface area (Å²) in [5.41, 5.74) is 1.59. The molecule has 20 heavy (non-hydrogen) atoms. The fourth-order valence-corrected chi connectivity index (χ4v) is 2.46. The number of rotatable bonds is 1. The lowest BCUT2D eigenvalue weighted by atomic mass is 10.2. The predicted octanol–water partition coefficient (Wildman–Crippen LogP) is 2.99. The van der Waals surface area contributed by atoms with Gasteiger partial charge in [0.25, 0.3) is 0 Å². The van der Waals surface area contributed by atoms with E-state index in [1.54, 1.807) is 16.9 Å². The van der Waals surface area contributed by atoms with Gasteiger partial charge in [0, 0.05) is 28.7 Å². The first kappa shape index (κ1) is 11.3.